The Balaban J connectivity index is 0.00000387. The number of carbonyl (C=O) groups excluding carboxylic acids is 1. The molecule has 3 N–H and O–H groups in total. The van der Waals surface area contributed by atoms with E-state index in [9.17, 15) is 9.00 Å². The first-order valence-corrected chi connectivity index (χ1v) is 15.6. The third kappa shape index (κ3) is 7.33. The number of benzene rings is 1. The number of rotatable bonds is 10. The Hall–Kier alpha value is -4.03. The fraction of sp³-hybridized carbons (Fsp3) is 0.357. The molecular formula is C28H37N9O2S. The summed E-state index contributed by atoms with van der Waals surface area (Å²) in [7, 11) is -2.38. The number of nitrogens with one attached hydrogen (secondary N) is 3. The molecule has 12 heteroatoms. The van der Waals surface area contributed by atoms with Gasteiger partial charge in [0.05, 0.1) is 0 Å². The van der Waals surface area contributed by atoms with Crippen LogP contribution in [0.3, 0.4) is 0 Å². The van der Waals surface area contributed by atoms with Crippen molar-refractivity contribution in [3.8, 4) is 0 Å². The van der Waals surface area contributed by atoms with Gasteiger partial charge in [-0.25, -0.2) is 14.2 Å². The van der Waals surface area contributed by atoms with Crippen LogP contribution < -0.4 is 20.9 Å². The lowest BCUT2D eigenvalue weighted by Crippen LogP contribution is -2.47. The maximum absolute atomic E-state index is 12.8. The topological polar surface area (TPSA) is 128 Å². The zero-order valence-corrected chi connectivity index (χ0v) is 23.7. The molecule has 2 aromatic heterocycles. The molecule has 1 aromatic carbocycles. The number of aromatic nitrogens is 3. The Kier molecular flexibility index (Phi) is 8.27. The quantitative estimate of drug-likeness (QED) is 0.312. The first-order chi connectivity index (χ1) is 19.3. The van der Waals surface area contributed by atoms with Gasteiger partial charge in [-0.2, -0.15) is 9.35 Å². The largest absolute Gasteiger partial charge is 0.369 e. The summed E-state index contributed by atoms with van der Waals surface area (Å²) in [5, 5.41) is 9.08. The first kappa shape index (κ1) is 27.5. The minimum absolute atomic E-state index is 0. The molecule has 0 bridgehead atoms. The highest BCUT2D eigenvalue weighted by atomic mass is 32.2. The second-order valence-corrected chi connectivity index (χ2v) is 12.7. The van der Waals surface area contributed by atoms with Gasteiger partial charge in [0.2, 0.25) is 5.95 Å². The average molecular weight is 564 g/mol. The van der Waals surface area contributed by atoms with E-state index in [4.69, 9.17) is 0 Å². The van der Waals surface area contributed by atoms with Crippen LogP contribution in [0.25, 0.3) is 0 Å². The summed E-state index contributed by atoms with van der Waals surface area (Å²) in [4.78, 5) is 31.2. The van der Waals surface area contributed by atoms with Gasteiger partial charge in [0.25, 0.3) is 5.91 Å². The highest BCUT2D eigenvalue weighted by Gasteiger charge is 2.31. The predicted molar refractivity (Wildman–Crippen MR) is 163 cm³/mol. The van der Waals surface area contributed by atoms with Crippen molar-refractivity contribution in [2.24, 2.45) is 4.36 Å². The van der Waals surface area contributed by atoms with Crippen LogP contribution in [0.4, 0.5) is 34.8 Å². The van der Waals surface area contributed by atoms with Crippen LogP contribution >= 0.6 is 0 Å². The van der Waals surface area contributed by atoms with Gasteiger partial charge in [0.15, 0.2) is 5.82 Å². The van der Waals surface area contributed by atoms with Crippen molar-refractivity contribution >= 4 is 50.4 Å². The van der Waals surface area contributed by atoms with Gasteiger partial charge in [0.1, 0.15) is 17.2 Å². The van der Waals surface area contributed by atoms with E-state index in [-0.39, 0.29) is 18.7 Å². The number of hydrogen-bond acceptors (Lipinski definition) is 10. The lowest BCUT2D eigenvalue weighted by atomic mass is 10.2. The maximum Gasteiger partial charge on any atom is 0.256 e. The van der Waals surface area contributed by atoms with Gasteiger partial charge in [0, 0.05) is 80.0 Å². The molecule has 1 saturated heterocycles. The summed E-state index contributed by atoms with van der Waals surface area (Å²) in [5.74, 6) is 0.950. The van der Waals surface area contributed by atoms with E-state index in [1.807, 2.05) is 12.1 Å². The van der Waals surface area contributed by atoms with Gasteiger partial charge < -0.3 is 20.9 Å². The van der Waals surface area contributed by atoms with Crippen LogP contribution in [0.15, 0.2) is 65.7 Å². The summed E-state index contributed by atoms with van der Waals surface area (Å²) in [6.45, 7) is 8.24. The molecular weight excluding hydrogens is 526 g/mol. The van der Waals surface area contributed by atoms with E-state index in [1.54, 1.807) is 36.8 Å². The molecule has 1 aliphatic carbocycles. The fourth-order valence-electron chi connectivity index (χ4n) is 4.52. The number of nitrogens with zero attached hydrogens (tertiary/aromatic N) is 6. The monoisotopic (exact) mass is 563 g/mol. The molecule has 0 atom stereocenters. The summed E-state index contributed by atoms with van der Waals surface area (Å²) >= 11 is 0. The van der Waals surface area contributed by atoms with Crippen molar-refractivity contribution in [3.05, 3.63) is 66.9 Å². The van der Waals surface area contributed by atoms with Crippen molar-refractivity contribution in [2.75, 3.05) is 60.8 Å². The average Bonchev–Trinajstić information content (AvgIpc) is 3.78. The standard InChI is InChI=1S/C28H35N9O2S.H2/c1-4-14-29-27(38)23-19-30-28(34-26(23)33-24-6-5-7-25(32-24)35-40(2,3)39)31-20-8-10-21(11-9-20)36-15-17-37(18-16-36)22-12-13-22;/h4-11,19,22H,1,12-18H2,2-3H3,(H,29,38)(H2,30,31,32,33,34);1H. The second kappa shape index (κ2) is 12.0. The number of amides is 1. The molecule has 2 aliphatic rings. The van der Waals surface area contributed by atoms with Crippen LogP contribution in [0, 0.1) is 0 Å². The molecule has 40 heavy (non-hydrogen) atoms. The van der Waals surface area contributed by atoms with Gasteiger partial charge in [-0.1, -0.05) is 12.1 Å². The Labute approximate surface area is 236 Å². The van der Waals surface area contributed by atoms with Crippen LogP contribution in [0.2, 0.25) is 0 Å². The van der Waals surface area contributed by atoms with Crippen LogP contribution in [0.1, 0.15) is 24.6 Å². The SMILES string of the molecule is C=CCNC(=O)c1cnc(Nc2ccc(N3CCN(C4CC4)CC3)cc2)nc1Nc1cccc(N=S(C)(C)=O)n1.[HH]. The summed E-state index contributed by atoms with van der Waals surface area (Å²) in [5.41, 5.74) is 2.26. The Morgan fingerprint density at radius 3 is 2.52 bits per heavy atom. The lowest BCUT2D eigenvalue weighted by Gasteiger charge is -2.36. The van der Waals surface area contributed by atoms with Crippen LogP contribution in [0.5, 0.6) is 0 Å². The van der Waals surface area contributed by atoms with Crippen molar-refractivity contribution in [2.45, 2.75) is 18.9 Å². The lowest BCUT2D eigenvalue weighted by molar-refractivity contribution is 0.0958. The molecule has 0 radical (unpaired) electrons. The summed E-state index contributed by atoms with van der Waals surface area (Å²) in [6, 6.07) is 14.1. The Morgan fingerprint density at radius 1 is 1.10 bits per heavy atom. The van der Waals surface area contributed by atoms with Gasteiger partial charge in [-0.3, -0.25) is 9.69 Å². The predicted octanol–water partition coefficient (Wildman–Crippen LogP) is 4.16. The van der Waals surface area contributed by atoms with E-state index in [2.05, 4.69) is 63.8 Å². The van der Waals surface area contributed by atoms with Gasteiger partial charge >= 0.3 is 0 Å². The zero-order chi connectivity index (χ0) is 28.1. The normalized spacial score (nSPS) is 15.8. The number of hydrogen-bond donors (Lipinski definition) is 3. The molecule has 2 fully saturated rings. The Bertz CT molecular complexity index is 1490. The molecule has 0 unspecified atom stereocenters. The molecule has 3 heterocycles. The van der Waals surface area contributed by atoms with Crippen molar-refractivity contribution in [1.82, 2.24) is 25.2 Å². The molecule has 11 nitrogen and oxygen atoms in total. The fourth-order valence-corrected chi connectivity index (χ4v) is 5.08. The van der Waals surface area contributed by atoms with Gasteiger partial charge in [-0.15, -0.1) is 6.58 Å². The number of pyridine rings is 1. The third-order valence-corrected chi connectivity index (χ3v) is 7.23. The van der Waals surface area contributed by atoms with E-state index < -0.39 is 9.73 Å². The van der Waals surface area contributed by atoms with Crippen molar-refractivity contribution in [3.63, 3.8) is 0 Å². The van der Waals surface area contributed by atoms with E-state index in [0.29, 0.717) is 24.1 Å². The number of anilines is 5. The van der Waals surface area contributed by atoms with Crippen LogP contribution in [-0.2, 0) is 9.73 Å². The molecule has 5 rings (SSSR count). The molecule has 3 aromatic rings. The van der Waals surface area contributed by atoms with Gasteiger partial charge in [-0.05, 0) is 49.2 Å². The molecule has 212 valence electrons. The molecule has 1 saturated carbocycles. The highest BCUT2D eigenvalue weighted by molar-refractivity contribution is 7.92. The van der Waals surface area contributed by atoms with E-state index >= 15 is 0 Å². The first-order valence-electron chi connectivity index (χ1n) is 13.3. The minimum atomic E-state index is -2.38. The number of piperazine rings is 1. The third-order valence-electron chi connectivity index (χ3n) is 6.60. The highest BCUT2D eigenvalue weighted by Crippen LogP contribution is 2.29. The van der Waals surface area contributed by atoms with E-state index in [0.717, 1.165) is 37.9 Å². The van der Waals surface area contributed by atoms with E-state index in [1.165, 1.54) is 24.7 Å². The number of carbonyl (C=O) groups is 1. The molecule has 1 aliphatic heterocycles. The summed E-state index contributed by atoms with van der Waals surface area (Å²) < 4.78 is 16.3. The van der Waals surface area contributed by atoms with Crippen LogP contribution in [-0.4, -0.2) is 81.2 Å². The van der Waals surface area contributed by atoms with Crippen molar-refractivity contribution < 1.29 is 10.4 Å². The second-order valence-electron chi connectivity index (χ2n) is 10.2. The smallest absolute Gasteiger partial charge is 0.256 e. The maximum atomic E-state index is 12.8. The zero-order valence-electron chi connectivity index (χ0n) is 22.8. The van der Waals surface area contributed by atoms with Crippen molar-refractivity contribution in [1.29, 1.82) is 0 Å². The minimum Gasteiger partial charge on any atom is -0.369 e. The molecule has 0 spiro atoms. The summed E-state index contributed by atoms with van der Waals surface area (Å²) in [6.07, 6.45) is 8.83. The molecule has 1 amide bonds. The Morgan fingerprint density at radius 2 is 1.85 bits per heavy atom.